The monoisotopic (exact) mass is 213 g/mol. The van der Waals surface area contributed by atoms with E-state index in [2.05, 4.69) is 11.9 Å². The lowest BCUT2D eigenvalue weighted by atomic mass is 10.1. The fraction of sp³-hybridized carbons (Fsp3) is 0.600. The molecule has 0 aromatic carbocycles. The van der Waals surface area contributed by atoms with Crippen molar-refractivity contribution in [3.05, 3.63) is 12.7 Å². The van der Waals surface area contributed by atoms with Crippen LogP contribution in [-0.2, 0) is 9.59 Å². The average molecular weight is 213 g/mol. The highest BCUT2D eigenvalue weighted by Crippen LogP contribution is 1.94. The molecule has 0 aliphatic heterocycles. The van der Waals surface area contributed by atoms with Crippen LogP contribution in [-0.4, -0.2) is 24.4 Å². The van der Waals surface area contributed by atoms with Gasteiger partial charge < -0.3 is 16.8 Å². The SMILES string of the molecule is C=CCCCNC(=O)[C@@H](N)CCC(N)=O. The van der Waals surface area contributed by atoms with E-state index in [4.69, 9.17) is 11.5 Å². The quantitative estimate of drug-likeness (QED) is 0.380. The van der Waals surface area contributed by atoms with Crippen molar-refractivity contribution >= 4 is 11.8 Å². The van der Waals surface area contributed by atoms with Gasteiger partial charge in [-0.25, -0.2) is 0 Å². The Balaban J connectivity index is 3.59. The van der Waals surface area contributed by atoms with Crippen LogP contribution < -0.4 is 16.8 Å². The van der Waals surface area contributed by atoms with Crippen LogP contribution in [0.1, 0.15) is 25.7 Å². The first-order valence-electron chi connectivity index (χ1n) is 5.00. The zero-order valence-corrected chi connectivity index (χ0v) is 8.87. The summed E-state index contributed by atoms with van der Waals surface area (Å²) >= 11 is 0. The molecule has 1 atom stereocenters. The van der Waals surface area contributed by atoms with E-state index in [-0.39, 0.29) is 12.3 Å². The Bertz CT molecular complexity index is 229. The lowest BCUT2D eigenvalue weighted by molar-refractivity contribution is -0.122. The van der Waals surface area contributed by atoms with Crippen molar-refractivity contribution in [2.45, 2.75) is 31.7 Å². The van der Waals surface area contributed by atoms with Gasteiger partial charge in [0.25, 0.3) is 0 Å². The molecule has 0 aromatic heterocycles. The summed E-state index contributed by atoms with van der Waals surface area (Å²) in [4.78, 5) is 21.8. The molecule has 86 valence electrons. The van der Waals surface area contributed by atoms with Crippen LogP contribution in [0.2, 0.25) is 0 Å². The number of unbranched alkanes of at least 4 members (excludes halogenated alkanes) is 1. The van der Waals surface area contributed by atoms with Crippen molar-refractivity contribution in [3.8, 4) is 0 Å². The van der Waals surface area contributed by atoms with Crippen molar-refractivity contribution in [1.29, 1.82) is 0 Å². The Labute approximate surface area is 89.9 Å². The minimum Gasteiger partial charge on any atom is -0.370 e. The van der Waals surface area contributed by atoms with E-state index in [1.807, 2.05) is 0 Å². The van der Waals surface area contributed by atoms with E-state index >= 15 is 0 Å². The summed E-state index contributed by atoms with van der Waals surface area (Å²) < 4.78 is 0. The second-order valence-corrected chi connectivity index (χ2v) is 3.33. The molecule has 0 aliphatic carbocycles. The number of nitrogens with two attached hydrogens (primary N) is 2. The zero-order chi connectivity index (χ0) is 11.7. The molecule has 0 bridgehead atoms. The van der Waals surface area contributed by atoms with Crippen molar-refractivity contribution in [1.82, 2.24) is 5.32 Å². The Kier molecular flexibility index (Phi) is 7.27. The lowest BCUT2D eigenvalue weighted by Gasteiger charge is -2.10. The number of primary amides is 1. The molecule has 0 spiro atoms. The van der Waals surface area contributed by atoms with Crippen LogP contribution in [0.5, 0.6) is 0 Å². The fourth-order valence-corrected chi connectivity index (χ4v) is 1.02. The van der Waals surface area contributed by atoms with E-state index in [1.54, 1.807) is 6.08 Å². The topological polar surface area (TPSA) is 98.2 Å². The Morgan fingerprint density at radius 2 is 2.13 bits per heavy atom. The molecule has 0 aliphatic rings. The molecule has 2 amide bonds. The van der Waals surface area contributed by atoms with Gasteiger partial charge in [-0.1, -0.05) is 6.08 Å². The summed E-state index contributed by atoms with van der Waals surface area (Å²) in [5.74, 6) is -0.676. The van der Waals surface area contributed by atoms with Gasteiger partial charge in [-0.2, -0.15) is 0 Å². The third kappa shape index (κ3) is 7.69. The molecule has 5 N–H and O–H groups in total. The van der Waals surface area contributed by atoms with Gasteiger partial charge in [0.1, 0.15) is 0 Å². The van der Waals surface area contributed by atoms with Gasteiger partial charge in [-0.3, -0.25) is 9.59 Å². The predicted octanol–water partition coefficient (Wildman–Crippen LogP) is -0.338. The van der Waals surface area contributed by atoms with E-state index < -0.39 is 11.9 Å². The van der Waals surface area contributed by atoms with Gasteiger partial charge in [0, 0.05) is 13.0 Å². The Hall–Kier alpha value is -1.36. The second kappa shape index (κ2) is 7.99. The van der Waals surface area contributed by atoms with Gasteiger partial charge in [-0.15, -0.1) is 6.58 Å². The molecule has 0 radical (unpaired) electrons. The van der Waals surface area contributed by atoms with Crippen LogP contribution >= 0.6 is 0 Å². The van der Waals surface area contributed by atoms with Gasteiger partial charge in [0.2, 0.25) is 11.8 Å². The maximum Gasteiger partial charge on any atom is 0.236 e. The number of amides is 2. The van der Waals surface area contributed by atoms with Gasteiger partial charge in [-0.05, 0) is 19.3 Å². The highest BCUT2D eigenvalue weighted by molar-refractivity contribution is 5.82. The maximum atomic E-state index is 11.3. The summed E-state index contributed by atoms with van der Waals surface area (Å²) in [7, 11) is 0. The average Bonchev–Trinajstić information content (AvgIpc) is 2.20. The molecule has 0 fully saturated rings. The smallest absolute Gasteiger partial charge is 0.236 e. The number of nitrogens with one attached hydrogen (secondary N) is 1. The van der Waals surface area contributed by atoms with Gasteiger partial charge in [0.05, 0.1) is 6.04 Å². The van der Waals surface area contributed by atoms with Crippen LogP contribution in [0.25, 0.3) is 0 Å². The second-order valence-electron chi connectivity index (χ2n) is 3.33. The summed E-state index contributed by atoms with van der Waals surface area (Å²) in [5, 5.41) is 2.68. The summed E-state index contributed by atoms with van der Waals surface area (Å²) in [6.45, 7) is 4.15. The number of carbonyl (C=O) groups excluding carboxylic acids is 2. The third-order valence-electron chi connectivity index (χ3n) is 1.92. The van der Waals surface area contributed by atoms with Crippen LogP contribution in [0.15, 0.2) is 12.7 Å². The van der Waals surface area contributed by atoms with Crippen LogP contribution in [0, 0.1) is 0 Å². The number of allylic oxidation sites excluding steroid dienone is 1. The molecule has 0 saturated carbocycles. The number of hydrogen-bond acceptors (Lipinski definition) is 3. The third-order valence-corrected chi connectivity index (χ3v) is 1.92. The molecular weight excluding hydrogens is 194 g/mol. The van der Waals surface area contributed by atoms with Crippen LogP contribution in [0.4, 0.5) is 0 Å². The minimum atomic E-state index is -0.652. The molecule has 0 rings (SSSR count). The van der Waals surface area contributed by atoms with Gasteiger partial charge >= 0.3 is 0 Å². The molecule has 15 heavy (non-hydrogen) atoms. The summed E-state index contributed by atoms with van der Waals surface area (Å²) in [6, 6.07) is -0.652. The fourth-order valence-electron chi connectivity index (χ4n) is 1.02. The minimum absolute atomic E-state index is 0.140. The largest absolute Gasteiger partial charge is 0.370 e. The maximum absolute atomic E-state index is 11.3. The van der Waals surface area contributed by atoms with Gasteiger partial charge in [0.15, 0.2) is 0 Å². The highest BCUT2D eigenvalue weighted by Gasteiger charge is 2.13. The molecule has 5 nitrogen and oxygen atoms in total. The lowest BCUT2D eigenvalue weighted by Crippen LogP contribution is -2.41. The number of hydrogen-bond donors (Lipinski definition) is 3. The van der Waals surface area contributed by atoms with Crippen molar-refractivity contribution in [3.63, 3.8) is 0 Å². The van der Waals surface area contributed by atoms with E-state index in [0.29, 0.717) is 13.0 Å². The highest BCUT2D eigenvalue weighted by atomic mass is 16.2. The van der Waals surface area contributed by atoms with E-state index in [1.165, 1.54) is 0 Å². The first-order valence-corrected chi connectivity index (χ1v) is 5.00. The van der Waals surface area contributed by atoms with Crippen molar-refractivity contribution in [2.75, 3.05) is 6.54 Å². The van der Waals surface area contributed by atoms with Crippen molar-refractivity contribution < 1.29 is 9.59 Å². The number of carbonyl (C=O) groups is 2. The Morgan fingerprint density at radius 1 is 1.47 bits per heavy atom. The van der Waals surface area contributed by atoms with E-state index in [9.17, 15) is 9.59 Å². The summed E-state index contributed by atoms with van der Waals surface area (Å²) in [5.41, 5.74) is 10.5. The Morgan fingerprint density at radius 3 is 2.67 bits per heavy atom. The molecule has 5 heteroatoms. The number of rotatable bonds is 8. The first-order chi connectivity index (χ1) is 7.07. The molecule has 0 aromatic rings. The van der Waals surface area contributed by atoms with Crippen molar-refractivity contribution in [2.24, 2.45) is 11.5 Å². The molecule has 0 unspecified atom stereocenters. The zero-order valence-electron chi connectivity index (χ0n) is 8.87. The first kappa shape index (κ1) is 13.6. The standard InChI is InChI=1S/C10H19N3O2/c1-2-3-4-7-13-10(15)8(11)5-6-9(12)14/h2,8H,1,3-7,11H2,(H2,12,14)(H,13,15)/t8-/m0/s1. The molecular formula is C10H19N3O2. The predicted molar refractivity (Wildman–Crippen MR) is 58.8 cm³/mol. The van der Waals surface area contributed by atoms with Crippen LogP contribution in [0.3, 0.4) is 0 Å². The molecule has 0 saturated heterocycles. The molecule has 0 heterocycles. The van der Waals surface area contributed by atoms with E-state index in [0.717, 1.165) is 12.8 Å². The normalized spacial score (nSPS) is 11.8. The summed E-state index contributed by atoms with van der Waals surface area (Å²) in [6.07, 6.45) is 3.93.